The summed E-state index contributed by atoms with van der Waals surface area (Å²) in [5, 5.41) is 11.9. The molecule has 0 aromatic heterocycles. The lowest BCUT2D eigenvalue weighted by atomic mass is 10.2. The Balaban J connectivity index is 2.55. The van der Waals surface area contributed by atoms with Crippen molar-refractivity contribution in [3.05, 3.63) is 29.8 Å². The summed E-state index contributed by atoms with van der Waals surface area (Å²) in [6, 6.07) is 4.41. The highest BCUT2D eigenvalue weighted by Crippen LogP contribution is 2.30. The van der Waals surface area contributed by atoms with E-state index in [1.165, 1.54) is 19.2 Å². The molecule has 0 radical (unpaired) electrons. The van der Waals surface area contributed by atoms with Crippen molar-refractivity contribution in [2.75, 3.05) is 39.2 Å². The van der Waals surface area contributed by atoms with Crippen LogP contribution in [0.4, 0.5) is 18.9 Å². The summed E-state index contributed by atoms with van der Waals surface area (Å²) < 4.78 is 42.5. The average molecular weight is 320 g/mol. The van der Waals surface area contributed by atoms with E-state index in [9.17, 15) is 23.1 Å². The first-order valence-electron chi connectivity index (χ1n) is 6.55. The monoisotopic (exact) mass is 320 g/mol. The number of ether oxygens (including phenoxy) is 1. The standard InChI is InChI=1S/C14H19F3N2O3/c1-19(7-12(20)9-22-2)8-13(21)18-11-5-3-4-10(6-11)14(15,16)17/h3-6,12,20H,7-9H2,1-2H3,(H,18,21). The molecule has 1 unspecified atom stereocenters. The van der Waals surface area contributed by atoms with E-state index in [-0.39, 0.29) is 25.4 Å². The first-order valence-corrected chi connectivity index (χ1v) is 6.55. The van der Waals surface area contributed by atoms with Gasteiger partial charge in [0.05, 0.1) is 24.8 Å². The fraction of sp³-hybridized carbons (Fsp3) is 0.500. The number of nitrogens with zero attached hydrogens (tertiary/aromatic N) is 1. The third kappa shape index (κ3) is 6.42. The highest BCUT2D eigenvalue weighted by Gasteiger charge is 2.30. The lowest BCUT2D eigenvalue weighted by molar-refractivity contribution is -0.137. The van der Waals surface area contributed by atoms with Crippen molar-refractivity contribution < 1.29 is 27.8 Å². The van der Waals surface area contributed by atoms with E-state index in [0.29, 0.717) is 0 Å². The molecule has 0 saturated carbocycles. The fourth-order valence-corrected chi connectivity index (χ4v) is 1.89. The number of amides is 1. The SMILES string of the molecule is COCC(O)CN(C)CC(=O)Nc1cccc(C(F)(F)F)c1. The van der Waals surface area contributed by atoms with E-state index in [2.05, 4.69) is 5.32 Å². The first kappa shape index (κ1) is 18.4. The second-order valence-corrected chi connectivity index (χ2v) is 4.93. The molecule has 0 fully saturated rings. The third-order valence-corrected chi connectivity index (χ3v) is 2.77. The number of hydrogen-bond acceptors (Lipinski definition) is 4. The van der Waals surface area contributed by atoms with Gasteiger partial charge >= 0.3 is 6.18 Å². The summed E-state index contributed by atoms with van der Waals surface area (Å²) in [6.07, 6.45) is -5.20. The Labute approximate surface area is 126 Å². The van der Waals surface area contributed by atoms with Crippen molar-refractivity contribution in [1.82, 2.24) is 4.90 Å². The number of aliphatic hydroxyl groups is 1. The summed E-state index contributed by atoms with van der Waals surface area (Å²) in [6.45, 7) is 0.292. The van der Waals surface area contributed by atoms with Crippen molar-refractivity contribution >= 4 is 11.6 Å². The molecule has 1 rings (SSSR count). The molecule has 0 aliphatic rings. The second kappa shape index (κ2) is 8.11. The predicted octanol–water partition coefficient (Wildman–Crippen LogP) is 1.58. The minimum Gasteiger partial charge on any atom is -0.389 e. The van der Waals surface area contributed by atoms with Crippen molar-refractivity contribution in [2.24, 2.45) is 0 Å². The van der Waals surface area contributed by atoms with Gasteiger partial charge in [0.2, 0.25) is 5.91 Å². The number of aliphatic hydroxyl groups excluding tert-OH is 1. The molecule has 2 N–H and O–H groups in total. The third-order valence-electron chi connectivity index (χ3n) is 2.77. The first-order chi connectivity index (χ1) is 10.2. The smallest absolute Gasteiger partial charge is 0.389 e. The maximum atomic E-state index is 12.6. The van der Waals surface area contributed by atoms with Gasteiger partial charge in [0.1, 0.15) is 0 Å². The summed E-state index contributed by atoms with van der Waals surface area (Å²) in [5.41, 5.74) is -0.750. The molecule has 124 valence electrons. The van der Waals surface area contributed by atoms with Crippen LogP contribution in [0.5, 0.6) is 0 Å². The molecule has 1 aromatic carbocycles. The normalized spacial score (nSPS) is 13.2. The molecule has 0 saturated heterocycles. The molecule has 0 heterocycles. The Bertz CT molecular complexity index is 494. The van der Waals surface area contributed by atoms with Crippen LogP contribution in [0.3, 0.4) is 0 Å². The van der Waals surface area contributed by atoms with Crippen LogP contribution in [0.2, 0.25) is 0 Å². The molecular weight excluding hydrogens is 301 g/mol. The van der Waals surface area contributed by atoms with E-state index in [1.54, 1.807) is 11.9 Å². The highest BCUT2D eigenvalue weighted by molar-refractivity contribution is 5.92. The van der Waals surface area contributed by atoms with Gasteiger partial charge in [0.25, 0.3) is 0 Å². The second-order valence-electron chi connectivity index (χ2n) is 4.93. The molecular formula is C14H19F3N2O3. The fourth-order valence-electron chi connectivity index (χ4n) is 1.89. The van der Waals surface area contributed by atoms with E-state index in [1.807, 2.05) is 0 Å². The highest BCUT2D eigenvalue weighted by atomic mass is 19.4. The molecule has 0 aliphatic heterocycles. The Hall–Kier alpha value is -1.64. The Morgan fingerprint density at radius 2 is 2.14 bits per heavy atom. The van der Waals surface area contributed by atoms with Crippen molar-refractivity contribution in [3.63, 3.8) is 0 Å². The number of rotatable bonds is 7. The zero-order valence-corrected chi connectivity index (χ0v) is 12.4. The van der Waals surface area contributed by atoms with Crippen molar-refractivity contribution in [1.29, 1.82) is 0 Å². The van der Waals surface area contributed by atoms with Crippen LogP contribution >= 0.6 is 0 Å². The topological polar surface area (TPSA) is 61.8 Å². The summed E-state index contributed by atoms with van der Waals surface area (Å²) in [5.74, 6) is -0.466. The van der Waals surface area contributed by atoms with Crippen LogP contribution < -0.4 is 5.32 Å². The van der Waals surface area contributed by atoms with Gasteiger partial charge in [-0.05, 0) is 25.2 Å². The van der Waals surface area contributed by atoms with Gasteiger partial charge in [-0.1, -0.05) is 6.07 Å². The van der Waals surface area contributed by atoms with Crippen molar-refractivity contribution in [3.8, 4) is 0 Å². The number of nitrogens with one attached hydrogen (secondary N) is 1. The van der Waals surface area contributed by atoms with E-state index < -0.39 is 23.8 Å². The predicted molar refractivity (Wildman–Crippen MR) is 75.5 cm³/mol. The van der Waals surface area contributed by atoms with Gasteiger partial charge in [0.15, 0.2) is 0 Å². The van der Waals surface area contributed by atoms with Gasteiger partial charge in [-0.2, -0.15) is 13.2 Å². The number of halogens is 3. The van der Waals surface area contributed by atoms with Crippen LogP contribution in [0.1, 0.15) is 5.56 Å². The molecule has 1 aromatic rings. The summed E-state index contributed by atoms with van der Waals surface area (Å²) >= 11 is 0. The molecule has 0 spiro atoms. The zero-order valence-electron chi connectivity index (χ0n) is 12.4. The number of hydrogen-bond donors (Lipinski definition) is 2. The Morgan fingerprint density at radius 3 is 2.73 bits per heavy atom. The van der Waals surface area contributed by atoms with Crippen LogP contribution in [0.15, 0.2) is 24.3 Å². The number of likely N-dealkylation sites (N-methyl/N-ethyl adjacent to an activating group) is 1. The Kier molecular flexibility index (Phi) is 6.79. The minimum absolute atomic E-state index is 0.0585. The van der Waals surface area contributed by atoms with Crippen LogP contribution in [-0.4, -0.2) is 55.9 Å². The van der Waals surface area contributed by atoms with Crippen LogP contribution in [0, 0.1) is 0 Å². The minimum atomic E-state index is -4.46. The number of alkyl halides is 3. The van der Waals surface area contributed by atoms with Gasteiger partial charge in [-0.15, -0.1) is 0 Å². The average Bonchev–Trinajstić information content (AvgIpc) is 2.37. The number of methoxy groups -OCH3 is 1. The number of carbonyl (C=O) groups excluding carboxylic acids is 1. The zero-order chi connectivity index (χ0) is 16.8. The van der Waals surface area contributed by atoms with Gasteiger partial charge < -0.3 is 15.2 Å². The molecule has 5 nitrogen and oxygen atoms in total. The molecule has 0 aliphatic carbocycles. The van der Waals surface area contributed by atoms with Crippen LogP contribution in [0.25, 0.3) is 0 Å². The lowest BCUT2D eigenvalue weighted by Gasteiger charge is -2.19. The van der Waals surface area contributed by atoms with Crippen molar-refractivity contribution in [2.45, 2.75) is 12.3 Å². The maximum Gasteiger partial charge on any atom is 0.416 e. The molecule has 1 amide bonds. The van der Waals surface area contributed by atoms with Crippen LogP contribution in [-0.2, 0) is 15.7 Å². The summed E-state index contributed by atoms with van der Waals surface area (Å²) in [7, 11) is 3.06. The number of anilines is 1. The molecule has 1 atom stereocenters. The molecule has 0 bridgehead atoms. The largest absolute Gasteiger partial charge is 0.416 e. The Morgan fingerprint density at radius 1 is 1.45 bits per heavy atom. The van der Waals surface area contributed by atoms with Gasteiger partial charge in [-0.25, -0.2) is 0 Å². The molecule has 22 heavy (non-hydrogen) atoms. The lowest BCUT2D eigenvalue weighted by Crippen LogP contribution is -2.37. The van der Waals surface area contributed by atoms with E-state index in [0.717, 1.165) is 12.1 Å². The molecule has 8 heteroatoms. The number of benzene rings is 1. The number of carbonyl (C=O) groups is 1. The van der Waals surface area contributed by atoms with Gasteiger partial charge in [-0.3, -0.25) is 9.69 Å². The quantitative estimate of drug-likeness (QED) is 0.801. The maximum absolute atomic E-state index is 12.6. The van der Waals surface area contributed by atoms with E-state index >= 15 is 0 Å². The summed E-state index contributed by atoms with van der Waals surface area (Å²) in [4.78, 5) is 13.3. The van der Waals surface area contributed by atoms with E-state index in [4.69, 9.17) is 4.74 Å². The van der Waals surface area contributed by atoms with Gasteiger partial charge in [0, 0.05) is 19.3 Å².